The Bertz CT molecular complexity index is 617. The average Bonchev–Trinajstić information content (AvgIpc) is 3.33. The number of nitriles is 1. The normalized spacial score (nSPS) is 16.5. The van der Waals surface area contributed by atoms with E-state index in [0.29, 0.717) is 23.6 Å². The molecule has 0 heterocycles. The van der Waals surface area contributed by atoms with Gasteiger partial charge in [-0.05, 0) is 58.6 Å². The highest BCUT2D eigenvalue weighted by Crippen LogP contribution is 2.42. The van der Waals surface area contributed by atoms with Crippen molar-refractivity contribution in [3.05, 3.63) is 23.8 Å². The third kappa shape index (κ3) is 4.02. The van der Waals surface area contributed by atoms with E-state index in [0.717, 1.165) is 12.8 Å². The zero-order valence-corrected chi connectivity index (χ0v) is 14.2. The number of nitrogens with zero attached hydrogens (tertiary/aromatic N) is 1. The van der Waals surface area contributed by atoms with Crippen LogP contribution in [-0.4, -0.2) is 24.2 Å². The molecule has 1 saturated carbocycles. The van der Waals surface area contributed by atoms with Crippen molar-refractivity contribution >= 4 is 11.6 Å². The lowest BCUT2D eigenvalue weighted by Crippen LogP contribution is -2.45. The standard InChI is InChI=1S/C18H24N2O3/c1-5-22-18(4,14-6-7-14)17(21)20-16-9-8-15(23-12(2)3)10-13(16)11-19/h8-10,12,14H,5-7H2,1-4H3,(H,20,21)/t18-/m0/s1. The van der Waals surface area contributed by atoms with E-state index in [9.17, 15) is 10.1 Å². The largest absolute Gasteiger partial charge is 0.491 e. The first-order valence-electron chi connectivity index (χ1n) is 8.07. The predicted octanol–water partition coefficient (Wildman–Crippen LogP) is 3.49. The third-order valence-electron chi connectivity index (χ3n) is 3.98. The molecule has 1 aliphatic carbocycles. The molecule has 0 unspecified atom stereocenters. The highest BCUT2D eigenvalue weighted by Gasteiger charge is 2.48. The highest BCUT2D eigenvalue weighted by atomic mass is 16.5. The van der Waals surface area contributed by atoms with E-state index >= 15 is 0 Å². The maximum absolute atomic E-state index is 12.7. The summed E-state index contributed by atoms with van der Waals surface area (Å²) in [5.74, 6) is 0.664. The monoisotopic (exact) mass is 316 g/mol. The fraction of sp³-hybridized carbons (Fsp3) is 0.556. The molecule has 1 fully saturated rings. The predicted molar refractivity (Wildman–Crippen MR) is 88.3 cm³/mol. The second kappa shape index (κ2) is 7.01. The molecule has 1 N–H and O–H groups in total. The molecule has 0 saturated heterocycles. The van der Waals surface area contributed by atoms with Crippen molar-refractivity contribution in [1.29, 1.82) is 5.26 Å². The van der Waals surface area contributed by atoms with Gasteiger partial charge < -0.3 is 14.8 Å². The Morgan fingerprint density at radius 3 is 2.70 bits per heavy atom. The number of carbonyl (C=O) groups is 1. The van der Waals surface area contributed by atoms with Crippen LogP contribution in [0.2, 0.25) is 0 Å². The van der Waals surface area contributed by atoms with E-state index < -0.39 is 5.60 Å². The first-order chi connectivity index (χ1) is 10.9. The van der Waals surface area contributed by atoms with E-state index in [1.54, 1.807) is 18.2 Å². The van der Waals surface area contributed by atoms with Gasteiger partial charge in [-0.25, -0.2) is 0 Å². The van der Waals surface area contributed by atoms with Gasteiger partial charge in [-0.1, -0.05) is 0 Å². The molecular weight excluding hydrogens is 292 g/mol. The molecule has 1 aliphatic rings. The summed E-state index contributed by atoms with van der Waals surface area (Å²) in [5, 5.41) is 12.2. The van der Waals surface area contributed by atoms with Crippen LogP contribution in [0.15, 0.2) is 18.2 Å². The molecule has 124 valence electrons. The van der Waals surface area contributed by atoms with E-state index in [-0.39, 0.29) is 17.9 Å². The lowest BCUT2D eigenvalue weighted by atomic mass is 9.98. The molecule has 2 rings (SSSR count). The Balaban J connectivity index is 2.18. The summed E-state index contributed by atoms with van der Waals surface area (Å²) >= 11 is 0. The van der Waals surface area contributed by atoms with Crippen LogP contribution < -0.4 is 10.1 Å². The number of nitrogens with one attached hydrogen (secondary N) is 1. The number of ether oxygens (including phenoxy) is 2. The van der Waals surface area contributed by atoms with Gasteiger partial charge >= 0.3 is 0 Å². The fourth-order valence-electron chi connectivity index (χ4n) is 2.62. The van der Waals surface area contributed by atoms with Crippen LogP contribution in [0.3, 0.4) is 0 Å². The van der Waals surface area contributed by atoms with Gasteiger partial charge in [0.1, 0.15) is 17.4 Å². The number of anilines is 1. The molecule has 0 spiro atoms. The Morgan fingerprint density at radius 1 is 1.48 bits per heavy atom. The number of benzene rings is 1. The smallest absolute Gasteiger partial charge is 0.256 e. The molecule has 1 aromatic rings. The second-order valence-corrected chi connectivity index (χ2v) is 6.25. The van der Waals surface area contributed by atoms with Crippen molar-refractivity contribution in [3.8, 4) is 11.8 Å². The molecule has 0 aromatic heterocycles. The third-order valence-corrected chi connectivity index (χ3v) is 3.98. The van der Waals surface area contributed by atoms with E-state index in [2.05, 4.69) is 11.4 Å². The van der Waals surface area contributed by atoms with Crippen LogP contribution in [0.25, 0.3) is 0 Å². The minimum Gasteiger partial charge on any atom is -0.491 e. The minimum atomic E-state index is -0.839. The molecule has 1 amide bonds. The van der Waals surface area contributed by atoms with Crippen LogP contribution in [0.5, 0.6) is 5.75 Å². The summed E-state index contributed by atoms with van der Waals surface area (Å²) in [6.45, 7) is 8.03. The molecule has 5 heteroatoms. The number of amides is 1. The van der Waals surface area contributed by atoms with Gasteiger partial charge in [-0.15, -0.1) is 0 Å². The number of hydrogen-bond donors (Lipinski definition) is 1. The summed E-state index contributed by atoms with van der Waals surface area (Å²) in [4.78, 5) is 12.7. The first kappa shape index (κ1) is 17.3. The molecule has 0 aliphatic heterocycles. The summed E-state index contributed by atoms with van der Waals surface area (Å²) in [7, 11) is 0. The SMILES string of the molecule is CCO[C@](C)(C(=O)Nc1ccc(OC(C)C)cc1C#N)C1CC1. The van der Waals surface area contributed by atoms with Gasteiger partial charge in [0.25, 0.3) is 5.91 Å². The molecule has 1 atom stereocenters. The highest BCUT2D eigenvalue weighted by molar-refractivity contribution is 5.98. The lowest BCUT2D eigenvalue weighted by molar-refractivity contribution is -0.141. The van der Waals surface area contributed by atoms with Crippen LogP contribution >= 0.6 is 0 Å². The molecule has 23 heavy (non-hydrogen) atoms. The van der Waals surface area contributed by atoms with Gasteiger partial charge in [0.2, 0.25) is 0 Å². The van der Waals surface area contributed by atoms with Gasteiger partial charge in [0, 0.05) is 12.7 Å². The van der Waals surface area contributed by atoms with Gasteiger partial charge in [0.15, 0.2) is 0 Å². The van der Waals surface area contributed by atoms with Gasteiger partial charge in [0.05, 0.1) is 17.4 Å². The molecule has 0 radical (unpaired) electrons. The minimum absolute atomic E-state index is 0.0260. The molecular formula is C18H24N2O3. The lowest BCUT2D eigenvalue weighted by Gasteiger charge is -2.28. The summed E-state index contributed by atoms with van der Waals surface area (Å²) in [6, 6.07) is 7.21. The van der Waals surface area contributed by atoms with E-state index in [1.165, 1.54) is 0 Å². The van der Waals surface area contributed by atoms with Gasteiger partial charge in [-0.3, -0.25) is 4.79 Å². The second-order valence-electron chi connectivity index (χ2n) is 6.25. The fourth-order valence-corrected chi connectivity index (χ4v) is 2.62. The Morgan fingerprint density at radius 2 is 2.17 bits per heavy atom. The Hall–Kier alpha value is -2.06. The van der Waals surface area contributed by atoms with Crippen LogP contribution in [0.1, 0.15) is 46.1 Å². The van der Waals surface area contributed by atoms with Gasteiger partial charge in [-0.2, -0.15) is 5.26 Å². The van der Waals surface area contributed by atoms with Crippen LogP contribution in [0.4, 0.5) is 5.69 Å². The zero-order valence-electron chi connectivity index (χ0n) is 14.2. The van der Waals surface area contributed by atoms with Crippen LogP contribution in [0, 0.1) is 17.2 Å². The molecule has 1 aromatic carbocycles. The maximum atomic E-state index is 12.7. The summed E-state index contributed by atoms with van der Waals surface area (Å²) in [6.07, 6.45) is 2.02. The zero-order chi connectivity index (χ0) is 17.0. The van der Waals surface area contributed by atoms with Crippen molar-refractivity contribution in [2.75, 3.05) is 11.9 Å². The topological polar surface area (TPSA) is 71.3 Å². The number of rotatable bonds is 7. The van der Waals surface area contributed by atoms with E-state index in [1.807, 2.05) is 27.7 Å². The first-order valence-corrected chi connectivity index (χ1v) is 8.07. The molecule has 0 bridgehead atoms. The van der Waals surface area contributed by atoms with Crippen molar-refractivity contribution in [2.45, 2.75) is 52.2 Å². The van der Waals surface area contributed by atoms with Crippen molar-refractivity contribution in [3.63, 3.8) is 0 Å². The summed E-state index contributed by atoms with van der Waals surface area (Å²) < 4.78 is 11.3. The number of carbonyl (C=O) groups excluding carboxylic acids is 1. The maximum Gasteiger partial charge on any atom is 0.256 e. The Kier molecular flexibility index (Phi) is 5.27. The van der Waals surface area contributed by atoms with E-state index in [4.69, 9.17) is 9.47 Å². The van der Waals surface area contributed by atoms with Crippen molar-refractivity contribution < 1.29 is 14.3 Å². The van der Waals surface area contributed by atoms with Crippen LogP contribution in [-0.2, 0) is 9.53 Å². The van der Waals surface area contributed by atoms with Crippen molar-refractivity contribution in [1.82, 2.24) is 0 Å². The number of hydrogen-bond acceptors (Lipinski definition) is 4. The average molecular weight is 316 g/mol. The molecule has 5 nitrogen and oxygen atoms in total. The summed E-state index contributed by atoms with van der Waals surface area (Å²) in [5.41, 5.74) is 0.0283. The van der Waals surface area contributed by atoms with Crippen molar-refractivity contribution in [2.24, 2.45) is 5.92 Å². The quantitative estimate of drug-likeness (QED) is 0.836. The Labute approximate surface area is 137 Å².